The third-order valence-electron chi connectivity index (χ3n) is 2.33. The zero-order valence-electron chi connectivity index (χ0n) is 8.21. The van der Waals surface area contributed by atoms with Gasteiger partial charge in [-0.3, -0.25) is 14.5 Å². The fourth-order valence-electron chi connectivity index (χ4n) is 1.66. The number of hydrogen-bond acceptors (Lipinski definition) is 2. The molecule has 0 fully saturated rings. The quantitative estimate of drug-likeness (QED) is 0.781. The first-order chi connectivity index (χ1) is 7.93. The van der Waals surface area contributed by atoms with Gasteiger partial charge in [0.05, 0.1) is 27.8 Å². The SMILES string of the molecule is O=C1C(=O)N(CC(F)F)c2c(Cl)ccc(Cl)c21. The second-order valence-corrected chi connectivity index (χ2v) is 4.20. The van der Waals surface area contributed by atoms with Crippen LogP contribution in [0.5, 0.6) is 0 Å². The lowest BCUT2D eigenvalue weighted by Crippen LogP contribution is -2.34. The van der Waals surface area contributed by atoms with Gasteiger partial charge in [0, 0.05) is 0 Å². The molecule has 0 aromatic heterocycles. The molecule has 0 saturated heterocycles. The van der Waals surface area contributed by atoms with E-state index in [9.17, 15) is 18.4 Å². The number of Topliss-reactive ketones (excluding diaryl/α,β-unsaturated/α-hetero) is 1. The van der Waals surface area contributed by atoms with Crippen molar-refractivity contribution in [3.8, 4) is 0 Å². The van der Waals surface area contributed by atoms with Crippen molar-refractivity contribution >= 4 is 40.6 Å². The van der Waals surface area contributed by atoms with Crippen molar-refractivity contribution in [2.24, 2.45) is 0 Å². The van der Waals surface area contributed by atoms with Crippen LogP contribution in [0.1, 0.15) is 10.4 Å². The van der Waals surface area contributed by atoms with Gasteiger partial charge in [0.25, 0.3) is 18.1 Å². The first-order valence-corrected chi connectivity index (χ1v) is 5.31. The molecule has 0 atom stereocenters. The molecule has 1 aromatic carbocycles. The highest BCUT2D eigenvalue weighted by Gasteiger charge is 2.40. The average Bonchev–Trinajstić information content (AvgIpc) is 2.49. The second kappa shape index (κ2) is 4.23. The number of carbonyl (C=O) groups is 2. The van der Waals surface area contributed by atoms with Crippen molar-refractivity contribution in [3.05, 3.63) is 27.7 Å². The first-order valence-electron chi connectivity index (χ1n) is 4.56. The van der Waals surface area contributed by atoms with E-state index in [0.29, 0.717) is 4.90 Å². The van der Waals surface area contributed by atoms with Crippen LogP contribution in [-0.4, -0.2) is 24.7 Å². The molecule has 17 heavy (non-hydrogen) atoms. The van der Waals surface area contributed by atoms with Crippen LogP contribution >= 0.6 is 23.2 Å². The van der Waals surface area contributed by atoms with Crippen LogP contribution in [0.25, 0.3) is 0 Å². The fraction of sp³-hybridized carbons (Fsp3) is 0.200. The highest BCUT2D eigenvalue weighted by molar-refractivity contribution is 6.56. The van der Waals surface area contributed by atoms with Gasteiger partial charge in [-0.25, -0.2) is 8.78 Å². The molecule has 1 amide bonds. The number of nitrogens with zero attached hydrogens (tertiary/aromatic N) is 1. The summed E-state index contributed by atoms with van der Waals surface area (Å²) in [5.41, 5.74) is -0.140. The zero-order chi connectivity index (χ0) is 12.7. The zero-order valence-corrected chi connectivity index (χ0v) is 9.73. The van der Waals surface area contributed by atoms with Crippen LogP contribution in [0, 0.1) is 0 Å². The summed E-state index contributed by atoms with van der Waals surface area (Å²) in [5, 5.41) is 0.0729. The molecule has 0 unspecified atom stereocenters. The molecule has 0 aliphatic carbocycles. The standard InChI is InChI=1S/C10H5Cl2F2NO2/c11-4-1-2-5(12)8-7(4)9(16)10(17)15(8)3-6(13)14/h1-2,6H,3H2. The van der Waals surface area contributed by atoms with E-state index in [2.05, 4.69) is 0 Å². The molecule has 0 bridgehead atoms. The summed E-state index contributed by atoms with van der Waals surface area (Å²) in [4.78, 5) is 23.8. The number of anilines is 1. The normalized spacial score (nSPS) is 14.8. The lowest BCUT2D eigenvalue weighted by Gasteiger charge is -2.16. The molecule has 1 heterocycles. The Morgan fingerprint density at radius 2 is 1.76 bits per heavy atom. The van der Waals surface area contributed by atoms with Crippen molar-refractivity contribution in [2.75, 3.05) is 11.4 Å². The molecule has 90 valence electrons. The van der Waals surface area contributed by atoms with Crippen molar-refractivity contribution < 1.29 is 18.4 Å². The number of amides is 1. The number of ketones is 1. The minimum absolute atomic E-state index is 0.0273. The van der Waals surface area contributed by atoms with E-state index in [1.165, 1.54) is 12.1 Å². The maximum atomic E-state index is 12.3. The van der Waals surface area contributed by atoms with E-state index in [0.717, 1.165) is 0 Å². The third kappa shape index (κ3) is 1.89. The van der Waals surface area contributed by atoms with Gasteiger partial charge in [0.1, 0.15) is 0 Å². The number of benzene rings is 1. The highest BCUT2D eigenvalue weighted by Crippen LogP contribution is 2.40. The summed E-state index contributed by atoms with van der Waals surface area (Å²) >= 11 is 11.6. The number of rotatable bonds is 2. The summed E-state index contributed by atoms with van der Waals surface area (Å²) in [7, 11) is 0. The molecule has 1 aromatic rings. The van der Waals surface area contributed by atoms with Crippen LogP contribution < -0.4 is 4.90 Å². The molecule has 7 heteroatoms. The average molecular weight is 280 g/mol. The number of alkyl halides is 2. The van der Waals surface area contributed by atoms with Crippen LogP contribution in [0.15, 0.2) is 12.1 Å². The molecule has 0 N–H and O–H groups in total. The molecule has 0 spiro atoms. The predicted molar refractivity (Wildman–Crippen MR) is 59.1 cm³/mol. The Morgan fingerprint density at radius 1 is 1.18 bits per heavy atom. The van der Waals surface area contributed by atoms with Crippen LogP contribution in [-0.2, 0) is 4.79 Å². The fourth-order valence-corrected chi connectivity index (χ4v) is 2.16. The monoisotopic (exact) mass is 279 g/mol. The molecular weight excluding hydrogens is 275 g/mol. The maximum Gasteiger partial charge on any atom is 0.299 e. The van der Waals surface area contributed by atoms with Crippen LogP contribution in [0.4, 0.5) is 14.5 Å². The van der Waals surface area contributed by atoms with E-state index < -0.39 is 24.7 Å². The minimum atomic E-state index is -2.76. The number of carbonyl (C=O) groups excluding carboxylic acids is 2. The van der Waals surface area contributed by atoms with Crippen LogP contribution in [0.2, 0.25) is 10.0 Å². The Bertz CT molecular complexity index is 519. The third-order valence-corrected chi connectivity index (χ3v) is 2.95. The molecule has 1 aliphatic rings. The van der Waals surface area contributed by atoms with Crippen molar-refractivity contribution in [2.45, 2.75) is 6.43 Å². The van der Waals surface area contributed by atoms with E-state index in [4.69, 9.17) is 23.2 Å². The molecule has 0 saturated carbocycles. The van der Waals surface area contributed by atoms with Gasteiger partial charge in [-0.15, -0.1) is 0 Å². The summed E-state index contributed by atoms with van der Waals surface area (Å²) in [6.45, 7) is -0.877. The predicted octanol–water partition coefficient (Wildman–Crippen LogP) is 2.79. The summed E-state index contributed by atoms with van der Waals surface area (Å²) in [6.07, 6.45) is -2.76. The number of hydrogen-bond donors (Lipinski definition) is 0. The number of halogens is 4. The molecule has 1 aliphatic heterocycles. The van der Waals surface area contributed by atoms with Gasteiger partial charge in [0.2, 0.25) is 0 Å². The van der Waals surface area contributed by atoms with Gasteiger partial charge in [0.15, 0.2) is 0 Å². The Balaban J connectivity index is 2.59. The van der Waals surface area contributed by atoms with E-state index in [1.54, 1.807) is 0 Å². The molecular formula is C10H5Cl2F2NO2. The van der Waals surface area contributed by atoms with Crippen molar-refractivity contribution in [1.29, 1.82) is 0 Å². The van der Waals surface area contributed by atoms with Crippen molar-refractivity contribution in [3.63, 3.8) is 0 Å². The lowest BCUT2D eigenvalue weighted by atomic mass is 10.1. The van der Waals surface area contributed by atoms with Crippen molar-refractivity contribution in [1.82, 2.24) is 0 Å². The topological polar surface area (TPSA) is 37.4 Å². The maximum absolute atomic E-state index is 12.3. The second-order valence-electron chi connectivity index (χ2n) is 3.39. The molecule has 2 rings (SSSR count). The van der Waals surface area contributed by atoms with E-state index >= 15 is 0 Å². The number of fused-ring (bicyclic) bond motifs is 1. The van der Waals surface area contributed by atoms with Gasteiger partial charge >= 0.3 is 0 Å². The minimum Gasteiger partial charge on any atom is -0.297 e. The molecule has 3 nitrogen and oxygen atoms in total. The Labute approximate surface area is 105 Å². The Hall–Kier alpha value is -1.20. The lowest BCUT2D eigenvalue weighted by molar-refractivity contribution is -0.114. The van der Waals surface area contributed by atoms with Crippen LogP contribution in [0.3, 0.4) is 0 Å². The Morgan fingerprint density at radius 3 is 2.35 bits per heavy atom. The summed E-state index contributed by atoms with van der Waals surface area (Å²) in [6, 6.07) is 2.70. The van der Waals surface area contributed by atoms with E-state index in [1.807, 2.05) is 0 Å². The van der Waals surface area contributed by atoms with Gasteiger partial charge in [-0.1, -0.05) is 23.2 Å². The summed E-state index contributed by atoms with van der Waals surface area (Å²) < 4.78 is 24.7. The van der Waals surface area contributed by atoms with Gasteiger partial charge in [-0.2, -0.15) is 0 Å². The van der Waals surface area contributed by atoms with Gasteiger partial charge < -0.3 is 0 Å². The smallest absolute Gasteiger partial charge is 0.297 e. The van der Waals surface area contributed by atoms with E-state index in [-0.39, 0.29) is 21.3 Å². The molecule has 0 radical (unpaired) electrons. The van der Waals surface area contributed by atoms with Gasteiger partial charge in [-0.05, 0) is 12.1 Å². The largest absolute Gasteiger partial charge is 0.299 e. The summed E-state index contributed by atoms with van der Waals surface area (Å²) in [5.74, 6) is -1.94. The highest BCUT2D eigenvalue weighted by atomic mass is 35.5. The first kappa shape index (κ1) is 12.3. The Kier molecular flexibility index (Phi) is 3.05.